The average Bonchev–Trinajstić information content (AvgIpc) is 2.50. The molecule has 0 amide bonds. The molecule has 0 saturated carbocycles. The molecule has 1 heterocycles. The van der Waals surface area contributed by atoms with E-state index in [0.717, 1.165) is 18.2 Å². The van der Waals surface area contributed by atoms with Crippen molar-refractivity contribution >= 4 is 21.9 Å². The highest BCUT2D eigenvalue weighted by atomic mass is 32.2. The first-order valence-corrected chi connectivity index (χ1v) is 6.07. The molecule has 5 nitrogen and oxygen atoms in total. The summed E-state index contributed by atoms with van der Waals surface area (Å²) in [7, 11) is -4.00. The van der Waals surface area contributed by atoms with Gasteiger partial charge in [0.25, 0.3) is 0 Å². The van der Waals surface area contributed by atoms with Gasteiger partial charge in [0.1, 0.15) is 11.9 Å². The quantitative estimate of drug-likeness (QED) is 0.797. The molecular formula is C10H8FNO4S. The van der Waals surface area contributed by atoms with E-state index in [1.165, 1.54) is 6.07 Å². The molecule has 7 heteroatoms. The maximum absolute atomic E-state index is 13.0. The van der Waals surface area contributed by atoms with E-state index in [0.29, 0.717) is 0 Å². The second-order valence-corrected chi connectivity index (χ2v) is 5.47. The largest absolute Gasteiger partial charge is 0.480 e. The fraction of sp³-hybridized carbons (Fsp3) is 0.100. The van der Waals surface area contributed by atoms with Crippen LogP contribution in [-0.4, -0.2) is 25.5 Å². The molecule has 1 aromatic carbocycles. The normalized spacial score (nSPS) is 18.4. The molecular weight excluding hydrogens is 249 g/mol. The van der Waals surface area contributed by atoms with Crippen molar-refractivity contribution in [2.24, 2.45) is 5.73 Å². The number of carboxylic acid groups (broad SMARTS) is 1. The van der Waals surface area contributed by atoms with Crippen LogP contribution < -0.4 is 5.73 Å². The molecule has 1 aliphatic rings. The van der Waals surface area contributed by atoms with E-state index < -0.39 is 32.6 Å². The van der Waals surface area contributed by atoms with Crippen LogP contribution in [-0.2, 0) is 14.6 Å². The van der Waals surface area contributed by atoms with Gasteiger partial charge in [0.15, 0.2) is 0 Å². The van der Waals surface area contributed by atoms with E-state index in [-0.39, 0.29) is 10.5 Å². The van der Waals surface area contributed by atoms with Crippen LogP contribution >= 0.6 is 0 Å². The minimum atomic E-state index is -4.00. The number of halogens is 1. The number of rotatable bonds is 2. The van der Waals surface area contributed by atoms with Gasteiger partial charge in [-0.05, 0) is 23.8 Å². The summed E-state index contributed by atoms with van der Waals surface area (Å²) in [5, 5.41) is 8.70. The standard InChI is InChI=1S/C10H8FNO4S/c11-6-2-1-5-3-8(9(12)10(13)14)17(15,16)7(5)4-6/h1-4,9H,12H2,(H,13,14). The van der Waals surface area contributed by atoms with Crippen molar-refractivity contribution in [1.82, 2.24) is 0 Å². The van der Waals surface area contributed by atoms with Crippen LogP contribution in [0.1, 0.15) is 5.56 Å². The van der Waals surface area contributed by atoms with E-state index in [1.54, 1.807) is 0 Å². The summed E-state index contributed by atoms with van der Waals surface area (Å²) in [6, 6.07) is 1.57. The van der Waals surface area contributed by atoms with Gasteiger partial charge in [-0.15, -0.1) is 0 Å². The summed E-state index contributed by atoms with van der Waals surface area (Å²) in [5.41, 5.74) is 5.52. The molecule has 1 atom stereocenters. The summed E-state index contributed by atoms with van der Waals surface area (Å²) >= 11 is 0. The highest BCUT2D eigenvalue weighted by Gasteiger charge is 2.36. The zero-order chi connectivity index (χ0) is 12.8. The Hall–Kier alpha value is -1.73. The molecule has 0 fully saturated rings. The molecule has 0 aliphatic carbocycles. The highest BCUT2D eigenvalue weighted by Crippen LogP contribution is 2.34. The van der Waals surface area contributed by atoms with Crippen LogP contribution in [0.15, 0.2) is 28.0 Å². The van der Waals surface area contributed by atoms with Crippen molar-refractivity contribution < 1.29 is 22.7 Å². The second kappa shape index (κ2) is 3.64. The topological polar surface area (TPSA) is 97.5 Å². The zero-order valence-electron chi connectivity index (χ0n) is 8.42. The fourth-order valence-electron chi connectivity index (χ4n) is 1.60. The molecule has 0 aromatic heterocycles. The minimum absolute atomic E-state index is 0.246. The van der Waals surface area contributed by atoms with Crippen LogP contribution in [0.3, 0.4) is 0 Å². The number of benzene rings is 1. The van der Waals surface area contributed by atoms with Crippen LogP contribution in [0.25, 0.3) is 6.08 Å². The van der Waals surface area contributed by atoms with Crippen LogP contribution in [0.5, 0.6) is 0 Å². The van der Waals surface area contributed by atoms with Crippen LogP contribution in [0.4, 0.5) is 4.39 Å². The van der Waals surface area contributed by atoms with Crippen LogP contribution in [0, 0.1) is 5.82 Å². The lowest BCUT2D eigenvalue weighted by Gasteiger charge is -2.07. The van der Waals surface area contributed by atoms with Crippen molar-refractivity contribution in [2.45, 2.75) is 10.9 Å². The van der Waals surface area contributed by atoms with Crippen molar-refractivity contribution in [1.29, 1.82) is 0 Å². The monoisotopic (exact) mass is 257 g/mol. The van der Waals surface area contributed by atoms with Crippen molar-refractivity contribution in [3.05, 3.63) is 34.5 Å². The molecule has 0 radical (unpaired) electrons. The Kier molecular flexibility index (Phi) is 2.52. The van der Waals surface area contributed by atoms with Gasteiger partial charge >= 0.3 is 5.97 Å². The molecule has 17 heavy (non-hydrogen) atoms. The lowest BCUT2D eigenvalue weighted by molar-refractivity contribution is -0.137. The van der Waals surface area contributed by atoms with Crippen molar-refractivity contribution in [3.8, 4) is 0 Å². The molecule has 1 unspecified atom stereocenters. The maximum atomic E-state index is 13.0. The third-order valence-electron chi connectivity index (χ3n) is 2.45. The predicted octanol–water partition coefficient (Wildman–Crippen LogP) is 0.366. The number of hydrogen-bond donors (Lipinski definition) is 2. The van der Waals surface area contributed by atoms with Crippen molar-refractivity contribution in [3.63, 3.8) is 0 Å². The molecule has 0 spiro atoms. The van der Waals surface area contributed by atoms with Gasteiger partial charge in [0.2, 0.25) is 9.84 Å². The van der Waals surface area contributed by atoms with E-state index in [2.05, 4.69) is 0 Å². The smallest absolute Gasteiger partial charge is 0.325 e. The number of nitrogens with two attached hydrogens (primary N) is 1. The Morgan fingerprint density at radius 3 is 2.65 bits per heavy atom. The third-order valence-corrected chi connectivity index (χ3v) is 4.37. The Bertz CT molecular complexity index is 636. The lowest BCUT2D eigenvalue weighted by atomic mass is 10.2. The van der Waals surface area contributed by atoms with Crippen molar-refractivity contribution in [2.75, 3.05) is 0 Å². The summed E-state index contributed by atoms with van der Waals surface area (Å²) in [5.74, 6) is -2.15. The highest BCUT2D eigenvalue weighted by molar-refractivity contribution is 7.96. The molecule has 0 bridgehead atoms. The Morgan fingerprint density at radius 1 is 1.41 bits per heavy atom. The maximum Gasteiger partial charge on any atom is 0.325 e. The van der Waals surface area contributed by atoms with E-state index in [4.69, 9.17) is 10.8 Å². The first kappa shape index (κ1) is 11.7. The molecule has 0 saturated heterocycles. The summed E-state index contributed by atoms with van der Waals surface area (Å²) < 4.78 is 36.8. The van der Waals surface area contributed by atoms with Gasteiger partial charge in [-0.25, -0.2) is 12.8 Å². The summed E-state index contributed by atoms with van der Waals surface area (Å²) in [4.78, 5) is 10.0. The summed E-state index contributed by atoms with van der Waals surface area (Å²) in [6.07, 6.45) is 1.16. The number of hydrogen-bond acceptors (Lipinski definition) is 4. The van der Waals surface area contributed by atoms with Gasteiger partial charge in [0.05, 0.1) is 9.80 Å². The van der Waals surface area contributed by atoms with Gasteiger partial charge in [-0.3, -0.25) is 4.79 Å². The minimum Gasteiger partial charge on any atom is -0.480 e. The van der Waals surface area contributed by atoms with Crippen LogP contribution in [0.2, 0.25) is 0 Å². The second-order valence-electron chi connectivity index (χ2n) is 3.55. The van der Waals surface area contributed by atoms with Gasteiger partial charge in [-0.1, -0.05) is 6.07 Å². The van der Waals surface area contributed by atoms with E-state index in [1.807, 2.05) is 0 Å². The first-order valence-electron chi connectivity index (χ1n) is 4.58. The molecule has 2 rings (SSSR count). The third kappa shape index (κ3) is 1.73. The SMILES string of the molecule is NC(C(=O)O)C1=Cc2ccc(F)cc2S1(=O)=O. The summed E-state index contributed by atoms with van der Waals surface area (Å²) in [6.45, 7) is 0. The molecule has 90 valence electrons. The van der Waals surface area contributed by atoms with E-state index >= 15 is 0 Å². The number of fused-ring (bicyclic) bond motifs is 1. The molecule has 3 N–H and O–H groups in total. The van der Waals surface area contributed by atoms with Gasteiger partial charge in [-0.2, -0.15) is 0 Å². The Balaban J connectivity index is 2.61. The first-order chi connectivity index (χ1) is 7.84. The lowest BCUT2D eigenvalue weighted by Crippen LogP contribution is -2.34. The Labute approximate surface area is 96.3 Å². The molecule has 1 aromatic rings. The fourth-order valence-corrected chi connectivity index (χ4v) is 3.27. The Morgan fingerprint density at radius 2 is 2.06 bits per heavy atom. The number of carboxylic acids is 1. The number of sulfone groups is 1. The zero-order valence-corrected chi connectivity index (χ0v) is 9.24. The molecule has 1 aliphatic heterocycles. The van der Waals surface area contributed by atoms with Gasteiger partial charge in [0, 0.05) is 0 Å². The van der Waals surface area contributed by atoms with E-state index in [9.17, 15) is 17.6 Å². The number of aliphatic carboxylic acids is 1. The number of carbonyl (C=O) groups is 1. The average molecular weight is 257 g/mol. The van der Waals surface area contributed by atoms with Gasteiger partial charge < -0.3 is 10.8 Å². The predicted molar refractivity (Wildman–Crippen MR) is 57.2 cm³/mol.